The van der Waals surface area contributed by atoms with Crippen LogP contribution in [-0.2, 0) is 20.7 Å². The number of benzene rings is 2. The Kier molecular flexibility index (Phi) is 8.78. The van der Waals surface area contributed by atoms with Crippen LogP contribution in [0.3, 0.4) is 0 Å². The average molecular weight is 539 g/mol. The van der Waals surface area contributed by atoms with Crippen molar-refractivity contribution in [1.82, 2.24) is 4.90 Å². The summed E-state index contributed by atoms with van der Waals surface area (Å²) in [5, 5.41) is -0.0223. The molecule has 0 aromatic heterocycles. The Morgan fingerprint density at radius 2 is 1.97 bits per heavy atom. The van der Waals surface area contributed by atoms with Crippen LogP contribution in [0.25, 0.3) is 6.08 Å². The molecule has 2 amide bonds. The van der Waals surface area contributed by atoms with Crippen molar-refractivity contribution in [1.29, 1.82) is 0 Å². The summed E-state index contributed by atoms with van der Waals surface area (Å²) < 4.78 is 10.8. The van der Waals surface area contributed by atoms with Crippen molar-refractivity contribution < 1.29 is 23.9 Å². The Morgan fingerprint density at radius 1 is 1.22 bits per heavy atom. The predicted molar refractivity (Wildman–Crippen MR) is 129 cm³/mol. The van der Waals surface area contributed by atoms with Crippen LogP contribution in [0.15, 0.2) is 51.8 Å². The van der Waals surface area contributed by atoms with E-state index in [-0.39, 0.29) is 29.4 Å². The molecule has 1 aliphatic rings. The Labute approximate surface area is 204 Å². The van der Waals surface area contributed by atoms with Gasteiger partial charge in [0, 0.05) is 6.54 Å². The highest BCUT2D eigenvalue weighted by Gasteiger charge is 2.34. The van der Waals surface area contributed by atoms with Gasteiger partial charge in [-0.3, -0.25) is 14.5 Å². The molecule has 2 aromatic rings. The van der Waals surface area contributed by atoms with Crippen LogP contribution in [0.2, 0.25) is 5.02 Å². The standard InChI is InChI=1S/C23H21BrClNO5S/c1-2-30-20(27)14-31-21-17(24)11-16(12-18(21)25)13-19-22(28)26(23(29)32-19)10-6-9-15-7-4-3-5-8-15/h3-5,7-8,11-13H,2,6,9-10,14H2,1H3/b19-13+. The van der Waals surface area contributed by atoms with Crippen molar-refractivity contribution in [2.75, 3.05) is 19.8 Å². The molecular formula is C23H21BrClNO5S. The number of carbonyl (C=O) groups is 3. The summed E-state index contributed by atoms with van der Waals surface area (Å²) in [6, 6.07) is 13.2. The Hall–Kier alpha value is -2.29. The SMILES string of the molecule is CCOC(=O)COc1c(Cl)cc(/C=C2/SC(=O)N(CCCc3ccccc3)C2=O)cc1Br. The zero-order valence-corrected chi connectivity index (χ0v) is 20.5. The molecule has 0 aliphatic carbocycles. The maximum Gasteiger partial charge on any atom is 0.344 e. The Bertz CT molecular complexity index is 1020. The number of hydrogen-bond donors (Lipinski definition) is 0. The summed E-state index contributed by atoms with van der Waals surface area (Å²) in [5.41, 5.74) is 1.79. The van der Waals surface area contributed by atoms with E-state index in [1.165, 1.54) is 10.5 Å². The molecule has 168 valence electrons. The number of carbonyl (C=O) groups excluding carboxylic acids is 3. The first-order valence-corrected chi connectivity index (χ1v) is 11.9. The lowest BCUT2D eigenvalue weighted by molar-refractivity contribution is -0.145. The number of halogens is 2. The fraction of sp³-hybridized carbons (Fsp3) is 0.261. The second-order valence-corrected chi connectivity index (χ2v) is 9.08. The highest BCUT2D eigenvalue weighted by atomic mass is 79.9. The minimum Gasteiger partial charge on any atom is -0.479 e. The molecule has 0 radical (unpaired) electrons. The number of rotatable bonds is 9. The van der Waals surface area contributed by atoms with Crippen molar-refractivity contribution in [2.45, 2.75) is 19.8 Å². The number of esters is 1. The van der Waals surface area contributed by atoms with Crippen LogP contribution in [0, 0.1) is 0 Å². The number of nitrogens with zero attached hydrogens (tertiary/aromatic N) is 1. The first-order chi connectivity index (χ1) is 15.4. The minimum atomic E-state index is -0.500. The average Bonchev–Trinajstić information content (AvgIpc) is 3.01. The number of hydrogen-bond acceptors (Lipinski definition) is 6. The van der Waals surface area contributed by atoms with Gasteiger partial charge in [0.1, 0.15) is 0 Å². The molecule has 0 spiro atoms. The van der Waals surface area contributed by atoms with Gasteiger partial charge in [0.15, 0.2) is 12.4 Å². The summed E-state index contributed by atoms with van der Waals surface area (Å²) in [4.78, 5) is 38.2. The van der Waals surface area contributed by atoms with Crippen LogP contribution >= 0.6 is 39.3 Å². The zero-order valence-electron chi connectivity index (χ0n) is 17.3. The molecule has 6 nitrogen and oxygen atoms in total. The lowest BCUT2D eigenvalue weighted by Gasteiger charge is -2.12. The number of amides is 2. The number of ether oxygens (including phenoxy) is 2. The van der Waals surface area contributed by atoms with E-state index in [0.29, 0.717) is 33.7 Å². The highest BCUT2D eigenvalue weighted by molar-refractivity contribution is 9.10. The molecule has 0 unspecified atom stereocenters. The van der Waals surface area contributed by atoms with Crippen LogP contribution in [0.4, 0.5) is 4.79 Å². The maximum absolute atomic E-state index is 12.7. The van der Waals surface area contributed by atoms with Gasteiger partial charge in [-0.2, -0.15) is 0 Å². The van der Waals surface area contributed by atoms with Gasteiger partial charge in [0.25, 0.3) is 11.1 Å². The molecule has 3 rings (SSSR count). The monoisotopic (exact) mass is 537 g/mol. The summed E-state index contributed by atoms with van der Waals surface area (Å²) in [5.74, 6) is -0.519. The highest BCUT2D eigenvalue weighted by Crippen LogP contribution is 2.37. The number of aryl methyl sites for hydroxylation is 1. The summed E-state index contributed by atoms with van der Waals surface area (Å²) in [6.45, 7) is 2.06. The van der Waals surface area contributed by atoms with Gasteiger partial charge in [-0.25, -0.2) is 4.79 Å². The van der Waals surface area contributed by atoms with Gasteiger partial charge in [-0.05, 0) is 76.8 Å². The Morgan fingerprint density at radius 3 is 2.66 bits per heavy atom. The fourth-order valence-corrected chi connectivity index (χ4v) is 4.92. The largest absolute Gasteiger partial charge is 0.479 e. The van der Waals surface area contributed by atoms with Gasteiger partial charge in [-0.15, -0.1) is 0 Å². The van der Waals surface area contributed by atoms with E-state index in [1.54, 1.807) is 25.1 Å². The smallest absolute Gasteiger partial charge is 0.344 e. The van der Waals surface area contributed by atoms with Gasteiger partial charge in [0.05, 0.1) is 21.0 Å². The Balaban J connectivity index is 1.65. The maximum atomic E-state index is 12.7. The molecule has 0 saturated carbocycles. The molecule has 0 bridgehead atoms. The normalized spacial score (nSPS) is 14.8. The van der Waals surface area contributed by atoms with Crippen molar-refractivity contribution in [2.24, 2.45) is 0 Å². The minimum absolute atomic E-state index is 0.261. The molecule has 1 saturated heterocycles. The lowest BCUT2D eigenvalue weighted by atomic mass is 10.1. The molecule has 0 N–H and O–H groups in total. The summed E-state index contributed by atoms with van der Waals surface area (Å²) in [6.07, 6.45) is 3.10. The topological polar surface area (TPSA) is 72.9 Å². The van der Waals surface area contributed by atoms with Crippen molar-refractivity contribution in [3.05, 3.63) is 68.0 Å². The van der Waals surface area contributed by atoms with Crippen molar-refractivity contribution in [3.63, 3.8) is 0 Å². The zero-order chi connectivity index (χ0) is 23.1. The third kappa shape index (κ3) is 6.37. The van der Waals surface area contributed by atoms with E-state index >= 15 is 0 Å². The van der Waals surface area contributed by atoms with E-state index < -0.39 is 5.97 Å². The molecule has 1 heterocycles. The summed E-state index contributed by atoms with van der Waals surface area (Å²) >= 11 is 10.6. The molecular weight excluding hydrogens is 518 g/mol. The molecule has 2 aromatic carbocycles. The molecule has 1 fully saturated rings. The van der Waals surface area contributed by atoms with Gasteiger partial charge in [-0.1, -0.05) is 41.9 Å². The number of thioether (sulfide) groups is 1. The molecule has 9 heteroatoms. The quantitative estimate of drug-likeness (QED) is 0.301. The van der Waals surface area contributed by atoms with Crippen LogP contribution in [-0.4, -0.2) is 41.8 Å². The van der Waals surface area contributed by atoms with E-state index in [9.17, 15) is 14.4 Å². The van der Waals surface area contributed by atoms with Crippen LogP contribution < -0.4 is 4.74 Å². The number of imide groups is 1. The lowest BCUT2D eigenvalue weighted by Crippen LogP contribution is -2.29. The first-order valence-electron chi connectivity index (χ1n) is 9.95. The second kappa shape index (κ2) is 11.5. The van der Waals surface area contributed by atoms with Gasteiger partial charge in [0.2, 0.25) is 0 Å². The molecule has 1 aliphatic heterocycles. The van der Waals surface area contributed by atoms with E-state index in [0.717, 1.165) is 18.2 Å². The molecule has 32 heavy (non-hydrogen) atoms. The summed E-state index contributed by atoms with van der Waals surface area (Å²) in [7, 11) is 0. The fourth-order valence-electron chi connectivity index (χ4n) is 3.06. The van der Waals surface area contributed by atoms with Crippen molar-refractivity contribution in [3.8, 4) is 5.75 Å². The predicted octanol–water partition coefficient (Wildman–Crippen LogP) is 5.71. The van der Waals surface area contributed by atoms with Gasteiger partial charge < -0.3 is 9.47 Å². The third-order valence-electron chi connectivity index (χ3n) is 4.52. The first kappa shape index (κ1) is 24.4. The van der Waals surface area contributed by atoms with Crippen molar-refractivity contribution >= 4 is 62.5 Å². The van der Waals surface area contributed by atoms with Crippen LogP contribution in [0.1, 0.15) is 24.5 Å². The van der Waals surface area contributed by atoms with E-state index in [2.05, 4.69) is 15.9 Å². The third-order valence-corrected chi connectivity index (χ3v) is 6.30. The molecule has 0 atom stereocenters. The van der Waals surface area contributed by atoms with E-state index in [1.807, 2.05) is 30.3 Å². The van der Waals surface area contributed by atoms with Gasteiger partial charge >= 0.3 is 5.97 Å². The van der Waals surface area contributed by atoms with Crippen LogP contribution in [0.5, 0.6) is 5.75 Å². The second-order valence-electron chi connectivity index (χ2n) is 6.83. The van der Waals surface area contributed by atoms with E-state index in [4.69, 9.17) is 21.1 Å².